The van der Waals surface area contributed by atoms with Gasteiger partial charge in [0, 0.05) is 24.7 Å². The molecule has 1 saturated heterocycles. The molecule has 0 N–H and O–H groups in total. The van der Waals surface area contributed by atoms with Crippen LogP contribution in [0.5, 0.6) is 5.75 Å². The molecule has 26 heavy (non-hydrogen) atoms. The van der Waals surface area contributed by atoms with Crippen LogP contribution in [0, 0.1) is 6.92 Å². The molecule has 1 atom stereocenters. The highest BCUT2D eigenvalue weighted by molar-refractivity contribution is 5.42. The van der Waals surface area contributed by atoms with E-state index in [1.54, 1.807) is 13.4 Å². The van der Waals surface area contributed by atoms with Gasteiger partial charge in [-0.15, -0.1) is 0 Å². The fraction of sp³-hybridized carbons (Fsp3) is 0.350. The predicted octanol–water partition coefficient (Wildman–Crippen LogP) is 3.71. The van der Waals surface area contributed by atoms with Crippen LogP contribution in [0.2, 0.25) is 0 Å². The average Bonchev–Trinajstić information content (AvgIpc) is 3.31. The van der Waals surface area contributed by atoms with Gasteiger partial charge in [0.25, 0.3) is 0 Å². The second kappa shape index (κ2) is 7.15. The van der Waals surface area contributed by atoms with Crippen LogP contribution in [0.15, 0.2) is 47.3 Å². The third kappa shape index (κ3) is 3.40. The monoisotopic (exact) mass is 350 g/mol. The average molecular weight is 350 g/mol. The molecule has 0 bridgehead atoms. The lowest BCUT2D eigenvalue weighted by atomic mass is 10.1. The van der Waals surface area contributed by atoms with Crippen LogP contribution in [0.25, 0.3) is 0 Å². The van der Waals surface area contributed by atoms with Crippen molar-refractivity contribution in [1.29, 1.82) is 0 Å². The first-order valence-electron chi connectivity index (χ1n) is 8.86. The molecule has 3 aromatic rings. The van der Waals surface area contributed by atoms with Gasteiger partial charge in [0.1, 0.15) is 29.7 Å². The van der Waals surface area contributed by atoms with Gasteiger partial charge in [-0.3, -0.25) is 0 Å². The predicted molar refractivity (Wildman–Crippen MR) is 98.4 cm³/mol. The summed E-state index contributed by atoms with van der Waals surface area (Å²) >= 11 is 0. The Labute approximate surface area is 152 Å². The molecule has 6 nitrogen and oxygen atoms in total. The smallest absolute Gasteiger partial charge is 0.217 e. The van der Waals surface area contributed by atoms with E-state index >= 15 is 0 Å². The van der Waals surface area contributed by atoms with Crippen molar-refractivity contribution < 1.29 is 9.15 Å². The molecule has 0 aliphatic carbocycles. The summed E-state index contributed by atoms with van der Waals surface area (Å²) in [5, 5.41) is 0. The molecular weight excluding hydrogens is 328 g/mol. The standard InChI is InChI=1S/C20H22N4O2/c1-14-10-19(23-13-22-14)24-9-3-4-18(24)20-21-12-17(26-20)11-15-5-7-16(25-2)8-6-15/h5-8,10,12-13,18H,3-4,9,11H2,1-2H3/t18-/m1/s1. The number of aryl methyl sites for hydroxylation is 1. The van der Waals surface area contributed by atoms with Gasteiger partial charge in [-0.1, -0.05) is 12.1 Å². The molecule has 1 fully saturated rings. The van der Waals surface area contributed by atoms with Crippen molar-refractivity contribution in [3.05, 3.63) is 65.8 Å². The Morgan fingerprint density at radius 2 is 2.04 bits per heavy atom. The largest absolute Gasteiger partial charge is 0.497 e. The quantitative estimate of drug-likeness (QED) is 0.699. The normalized spacial score (nSPS) is 16.8. The highest BCUT2D eigenvalue weighted by Crippen LogP contribution is 2.35. The molecule has 134 valence electrons. The molecule has 0 amide bonds. The molecule has 1 aromatic carbocycles. The van der Waals surface area contributed by atoms with E-state index in [2.05, 4.69) is 19.9 Å². The minimum absolute atomic E-state index is 0.133. The summed E-state index contributed by atoms with van der Waals surface area (Å²) in [6, 6.07) is 10.2. The topological polar surface area (TPSA) is 64.3 Å². The summed E-state index contributed by atoms with van der Waals surface area (Å²) in [7, 11) is 1.67. The molecule has 6 heteroatoms. The van der Waals surface area contributed by atoms with Gasteiger partial charge < -0.3 is 14.1 Å². The van der Waals surface area contributed by atoms with Crippen molar-refractivity contribution in [1.82, 2.24) is 15.0 Å². The second-order valence-corrected chi connectivity index (χ2v) is 6.56. The SMILES string of the molecule is COc1ccc(Cc2cnc([C@H]3CCCN3c3cc(C)ncn3)o2)cc1. The van der Waals surface area contributed by atoms with Gasteiger partial charge in [-0.25, -0.2) is 15.0 Å². The summed E-state index contributed by atoms with van der Waals surface area (Å²) in [6.07, 6.45) is 6.29. The number of hydrogen-bond donors (Lipinski definition) is 0. The molecule has 0 spiro atoms. The van der Waals surface area contributed by atoms with Crippen molar-refractivity contribution >= 4 is 5.82 Å². The van der Waals surface area contributed by atoms with Crippen molar-refractivity contribution in [3.8, 4) is 5.75 Å². The van der Waals surface area contributed by atoms with Crippen LogP contribution in [-0.2, 0) is 6.42 Å². The zero-order valence-electron chi connectivity index (χ0n) is 15.1. The summed E-state index contributed by atoms with van der Waals surface area (Å²) in [5.41, 5.74) is 2.14. The first-order chi connectivity index (χ1) is 12.7. The van der Waals surface area contributed by atoms with Crippen molar-refractivity contribution in [2.75, 3.05) is 18.6 Å². The lowest BCUT2D eigenvalue weighted by molar-refractivity contribution is 0.414. The Hall–Kier alpha value is -2.89. The van der Waals surface area contributed by atoms with E-state index in [-0.39, 0.29) is 6.04 Å². The minimum atomic E-state index is 0.133. The highest BCUT2D eigenvalue weighted by Gasteiger charge is 2.31. The third-order valence-electron chi connectivity index (χ3n) is 4.73. The van der Waals surface area contributed by atoms with Crippen molar-refractivity contribution in [2.45, 2.75) is 32.2 Å². The number of aromatic nitrogens is 3. The molecule has 0 unspecified atom stereocenters. The zero-order chi connectivity index (χ0) is 17.9. The molecule has 2 aromatic heterocycles. The first kappa shape index (κ1) is 16.6. The molecule has 1 aliphatic rings. The fourth-order valence-corrected chi connectivity index (χ4v) is 3.40. The van der Waals surface area contributed by atoms with E-state index in [0.29, 0.717) is 0 Å². The van der Waals surface area contributed by atoms with E-state index in [4.69, 9.17) is 9.15 Å². The zero-order valence-corrected chi connectivity index (χ0v) is 15.1. The van der Waals surface area contributed by atoms with E-state index < -0.39 is 0 Å². The van der Waals surface area contributed by atoms with E-state index in [9.17, 15) is 0 Å². The second-order valence-electron chi connectivity index (χ2n) is 6.56. The fourth-order valence-electron chi connectivity index (χ4n) is 3.40. The maximum Gasteiger partial charge on any atom is 0.217 e. The molecule has 0 radical (unpaired) electrons. The minimum Gasteiger partial charge on any atom is -0.497 e. The van der Waals surface area contributed by atoms with Crippen LogP contribution in [0.1, 0.15) is 41.8 Å². The van der Waals surface area contributed by atoms with Crippen LogP contribution in [0.3, 0.4) is 0 Å². The summed E-state index contributed by atoms with van der Waals surface area (Å²) in [4.78, 5) is 15.4. The molecule has 1 aliphatic heterocycles. The van der Waals surface area contributed by atoms with E-state index in [1.165, 1.54) is 5.56 Å². The Bertz CT molecular complexity index is 876. The third-order valence-corrected chi connectivity index (χ3v) is 4.73. The van der Waals surface area contributed by atoms with Gasteiger partial charge in [-0.05, 0) is 37.5 Å². The molecule has 3 heterocycles. The van der Waals surface area contributed by atoms with Crippen LogP contribution in [0.4, 0.5) is 5.82 Å². The van der Waals surface area contributed by atoms with Gasteiger partial charge >= 0.3 is 0 Å². The summed E-state index contributed by atoms with van der Waals surface area (Å²) < 4.78 is 11.3. The maximum atomic E-state index is 6.08. The lowest BCUT2D eigenvalue weighted by Gasteiger charge is -2.23. The van der Waals surface area contributed by atoms with Gasteiger partial charge in [0.15, 0.2) is 0 Å². The Morgan fingerprint density at radius 3 is 2.81 bits per heavy atom. The van der Waals surface area contributed by atoms with Crippen molar-refractivity contribution in [2.24, 2.45) is 0 Å². The first-order valence-corrected chi connectivity index (χ1v) is 8.86. The molecular formula is C20H22N4O2. The van der Waals surface area contributed by atoms with Gasteiger partial charge in [0.2, 0.25) is 5.89 Å². The Kier molecular flexibility index (Phi) is 4.56. The number of ether oxygens (including phenoxy) is 1. The number of nitrogens with zero attached hydrogens (tertiary/aromatic N) is 4. The molecule has 0 saturated carbocycles. The van der Waals surface area contributed by atoms with Crippen LogP contribution in [-0.4, -0.2) is 28.6 Å². The Morgan fingerprint density at radius 1 is 1.19 bits per heavy atom. The highest BCUT2D eigenvalue weighted by atomic mass is 16.5. The van der Waals surface area contributed by atoms with Gasteiger partial charge in [0.05, 0.1) is 13.3 Å². The maximum absolute atomic E-state index is 6.08. The number of anilines is 1. The van der Waals surface area contributed by atoms with E-state index in [0.717, 1.165) is 54.7 Å². The number of methoxy groups -OCH3 is 1. The number of oxazole rings is 1. The van der Waals surface area contributed by atoms with E-state index in [1.807, 2.05) is 43.5 Å². The number of rotatable bonds is 5. The lowest BCUT2D eigenvalue weighted by Crippen LogP contribution is -2.23. The van der Waals surface area contributed by atoms with Crippen LogP contribution >= 0.6 is 0 Å². The van der Waals surface area contributed by atoms with Gasteiger partial charge in [-0.2, -0.15) is 0 Å². The Balaban J connectivity index is 1.51. The van der Waals surface area contributed by atoms with Crippen LogP contribution < -0.4 is 9.64 Å². The number of hydrogen-bond acceptors (Lipinski definition) is 6. The number of benzene rings is 1. The summed E-state index contributed by atoms with van der Waals surface area (Å²) in [6.45, 7) is 2.94. The van der Waals surface area contributed by atoms with Crippen molar-refractivity contribution in [3.63, 3.8) is 0 Å². The molecule has 4 rings (SSSR count). The summed E-state index contributed by atoms with van der Waals surface area (Å²) in [5.74, 6) is 3.43.